The molecule has 0 unspecified atom stereocenters. The Morgan fingerprint density at radius 3 is 2.82 bits per heavy atom. The van der Waals surface area contributed by atoms with Crippen LogP contribution in [0.5, 0.6) is 5.88 Å². The van der Waals surface area contributed by atoms with Crippen LogP contribution in [-0.4, -0.2) is 23.2 Å². The summed E-state index contributed by atoms with van der Waals surface area (Å²) in [5.74, 6) is -1.15. The van der Waals surface area contributed by atoms with Crippen molar-refractivity contribution in [3.05, 3.63) is 33.3 Å². The second-order valence-corrected chi connectivity index (χ2v) is 4.57. The van der Waals surface area contributed by atoms with Gasteiger partial charge in [-0.15, -0.1) is 0 Å². The minimum absolute atomic E-state index is 0.0114. The first-order chi connectivity index (χ1) is 8.04. The number of hydrogen-bond acceptors (Lipinski definition) is 3. The third kappa shape index (κ3) is 2.08. The van der Waals surface area contributed by atoms with Gasteiger partial charge in [0.1, 0.15) is 5.56 Å². The number of aromatic carboxylic acids is 1. The summed E-state index contributed by atoms with van der Waals surface area (Å²) in [6.07, 6.45) is 0. The van der Waals surface area contributed by atoms with Gasteiger partial charge in [0.25, 0.3) is 0 Å². The molecule has 88 valence electrons. The summed E-state index contributed by atoms with van der Waals surface area (Å²) < 4.78 is 5.74. The molecule has 1 heterocycles. The van der Waals surface area contributed by atoms with Gasteiger partial charge in [-0.25, -0.2) is 9.78 Å². The predicted octanol–water partition coefficient (Wildman–Crippen LogP) is 3.36. The van der Waals surface area contributed by atoms with E-state index in [1.165, 1.54) is 7.11 Å². The molecule has 0 aliphatic heterocycles. The summed E-state index contributed by atoms with van der Waals surface area (Å²) in [6, 6.07) is 5.25. The molecular formula is C11H7BrClNO3. The van der Waals surface area contributed by atoms with Crippen LogP contribution in [0.3, 0.4) is 0 Å². The summed E-state index contributed by atoms with van der Waals surface area (Å²) >= 11 is 9.37. The van der Waals surface area contributed by atoms with Crippen molar-refractivity contribution in [3.8, 4) is 5.88 Å². The zero-order valence-corrected chi connectivity index (χ0v) is 11.0. The Bertz CT molecular complexity index is 615. The molecule has 1 aromatic carbocycles. The van der Waals surface area contributed by atoms with E-state index in [9.17, 15) is 4.79 Å². The molecule has 1 N–H and O–H groups in total. The average molecular weight is 317 g/mol. The smallest absolute Gasteiger partial charge is 0.342 e. The fourth-order valence-corrected chi connectivity index (χ4v) is 2.18. The van der Waals surface area contributed by atoms with Gasteiger partial charge in [-0.05, 0) is 18.2 Å². The van der Waals surface area contributed by atoms with Gasteiger partial charge in [-0.2, -0.15) is 0 Å². The van der Waals surface area contributed by atoms with E-state index in [-0.39, 0.29) is 16.5 Å². The van der Waals surface area contributed by atoms with Crippen LogP contribution in [0.4, 0.5) is 0 Å². The number of carboxylic acid groups (broad SMARTS) is 1. The lowest BCUT2D eigenvalue weighted by Crippen LogP contribution is -2.04. The summed E-state index contributed by atoms with van der Waals surface area (Å²) in [6.45, 7) is 0. The molecule has 0 atom stereocenters. The second kappa shape index (κ2) is 4.50. The lowest BCUT2D eigenvalue weighted by Gasteiger charge is -2.09. The zero-order chi connectivity index (χ0) is 12.6. The number of carbonyl (C=O) groups is 1. The van der Waals surface area contributed by atoms with E-state index in [2.05, 4.69) is 20.9 Å². The number of carboxylic acids is 1. The van der Waals surface area contributed by atoms with Gasteiger partial charge < -0.3 is 9.84 Å². The monoisotopic (exact) mass is 315 g/mol. The largest absolute Gasteiger partial charge is 0.480 e. The number of fused-ring (bicyclic) bond motifs is 1. The Balaban J connectivity index is 2.88. The van der Waals surface area contributed by atoms with Gasteiger partial charge in [-0.3, -0.25) is 0 Å². The minimum atomic E-state index is -1.17. The Kier molecular flexibility index (Phi) is 3.22. The van der Waals surface area contributed by atoms with E-state index < -0.39 is 5.97 Å². The number of halogens is 2. The number of aromatic nitrogens is 1. The Hall–Kier alpha value is -1.33. The average Bonchev–Trinajstić information content (AvgIpc) is 2.29. The summed E-state index contributed by atoms with van der Waals surface area (Å²) in [5, 5.41) is 9.78. The summed E-state index contributed by atoms with van der Waals surface area (Å²) in [5.41, 5.74) is 0.458. The Labute approximate surface area is 110 Å². The molecule has 0 fully saturated rings. The number of methoxy groups -OCH3 is 1. The number of rotatable bonds is 2. The molecule has 1 aromatic heterocycles. The van der Waals surface area contributed by atoms with Crippen molar-refractivity contribution in [2.75, 3.05) is 7.11 Å². The lowest BCUT2D eigenvalue weighted by atomic mass is 10.1. The van der Waals surface area contributed by atoms with Crippen LogP contribution in [0.2, 0.25) is 5.02 Å². The first-order valence-corrected chi connectivity index (χ1v) is 5.77. The SMILES string of the molecule is COc1nc2ccc(Br)cc2c(Cl)c1C(=O)O. The van der Waals surface area contributed by atoms with Crippen molar-refractivity contribution in [1.29, 1.82) is 0 Å². The van der Waals surface area contributed by atoms with Crippen LogP contribution in [-0.2, 0) is 0 Å². The molecule has 2 aromatic rings. The van der Waals surface area contributed by atoms with Crippen molar-refractivity contribution in [3.63, 3.8) is 0 Å². The highest BCUT2D eigenvalue weighted by molar-refractivity contribution is 9.10. The Morgan fingerprint density at radius 1 is 1.53 bits per heavy atom. The number of ether oxygens (including phenoxy) is 1. The maximum absolute atomic E-state index is 11.1. The molecular weight excluding hydrogens is 309 g/mol. The summed E-state index contributed by atoms with van der Waals surface area (Å²) in [7, 11) is 1.36. The molecule has 2 rings (SSSR count). The normalized spacial score (nSPS) is 10.5. The van der Waals surface area contributed by atoms with Gasteiger partial charge in [0.05, 0.1) is 17.6 Å². The van der Waals surface area contributed by atoms with Gasteiger partial charge in [0.15, 0.2) is 0 Å². The quantitative estimate of drug-likeness (QED) is 0.923. The maximum Gasteiger partial charge on any atom is 0.342 e. The molecule has 0 bridgehead atoms. The van der Waals surface area contributed by atoms with Crippen LogP contribution in [0.1, 0.15) is 10.4 Å². The highest BCUT2D eigenvalue weighted by atomic mass is 79.9. The molecule has 0 saturated carbocycles. The number of nitrogens with zero attached hydrogens (tertiary/aromatic N) is 1. The zero-order valence-electron chi connectivity index (χ0n) is 8.70. The molecule has 0 aliphatic carbocycles. The minimum Gasteiger partial charge on any atom is -0.480 e. The molecule has 0 saturated heterocycles. The summed E-state index contributed by atoms with van der Waals surface area (Å²) in [4.78, 5) is 15.2. The van der Waals surface area contributed by atoms with E-state index in [4.69, 9.17) is 21.4 Å². The topological polar surface area (TPSA) is 59.4 Å². The fourth-order valence-electron chi connectivity index (χ4n) is 1.51. The predicted molar refractivity (Wildman–Crippen MR) is 68.0 cm³/mol. The van der Waals surface area contributed by atoms with Crippen molar-refractivity contribution in [2.45, 2.75) is 0 Å². The number of hydrogen-bond donors (Lipinski definition) is 1. The molecule has 6 heteroatoms. The molecule has 0 amide bonds. The van der Waals surface area contributed by atoms with Crippen LogP contribution >= 0.6 is 27.5 Å². The molecule has 0 radical (unpaired) electrons. The third-order valence-corrected chi connectivity index (χ3v) is 3.14. The van der Waals surface area contributed by atoms with Crippen LogP contribution in [0.25, 0.3) is 10.9 Å². The Morgan fingerprint density at radius 2 is 2.24 bits per heavy atom. The van der Waals surface area contributed by atoms with Gasteiger partial charge in [0, 0.05) is 9.86 Å². The van der Waals surface area contributed by atoms with Crippen molar-refractivity contribution >= 4 is 44.4 Å². The van der Waals surface area contributed by atoms with Crippen LogP contribution < -0.4 is 4.74 Å². The van der Waals surface area contributed by atoms with Crippen LogP contribution in [0.15, 0.2) is 22.7 Å². The van der Waals surface area contributed by atoms with Crippen LogP contribution in [0, 0.1) is 0 Å². The lowest BCUT2D eigenvalue weighted by molar-refractivity contribution is 0.0693. The highest BCUT2D eigenvalue weighted by Crippen LogP contribution is 2.33. The second-order valence-electron chi connectivity index (χ2n) is 3.28. The molecule has 0 spiro atoms. The number of pyridine rings is 1. The standard InChI is InChI=1S/C11H7BrClNO3/c1-17-10-8(11(15)16)9(13)6-4-5(12)2-3-7(6)14-10/h2-4H,1H3,(H,15,16). The maximum atomic E-state index is 11.1. The molecule has 0 aliphatic rings. The first-order valence-electron chi connectivity index (χ1n) is 4.60. The van der Waals surface area contributed by atoms with Gasteiger partial charge in [0.2, 0.25) is 5.88 Å². The molecule has 17 heavy (non-hydrogen) atoms. The van der Waals surface area contributed by atoms with Gasteiger partial charge in [-0.1, -0.05) is 27.5 Å². The first kappa shape index (κ1) is 12.1. The highest BCUT2D eigenvalue weighted by Gasteiger charge is 2.20. The fraction of sp³-hybridized carbons (Fsp3) is 0.0909. The van der Waals surface area contributed by atoms with Gasteiger partial charge >= 0.3 is 5.97 Å². The third-order valence-electron chi connectivity index (χ3n) is 2.26. The van der Waals surface area contributed by atoms with E-state index in [0.717, 1.165) is 4.47 Å². The van der Waals surface area contributed by atoms with E-state index >= 15 is 0 Å². The van der Waals surface area contributed by atoms with E-state index in [0.29, 0.717) is 10.9 Å². The van der Waals surface area contributed by atoms with Crippen molar-refractivity contribution < 1.29 is 14.6 Å². The number of benzene rings is 1. The molecule has 4 nitrogen and oxygen atoms in total. The van der Waals surface area contributed by atoms with E-state index in [1.807, 2.05) is 0 Å². The van der Waals surface area contributed by atoms with Crippen molar-refractivity contribution in [2.24, 2.45) is 0 Å². The van der Waals surface area contributed by atoms with E-state index in [1.54, 1.807) is 18.2 Å². The van der Waals surface area contributed by atoms with Crippen molar-refractivity contribution in [1.82, 2.24) is 4.98 Å².